The molecule has 0 saturated heterocycles. The van der Waals surface area contributed by atoms with Crippen molar-refractivity contribution in [3.8, 4) is 0 Å². The molecule has 0 atom stereocenters. The molecule has 0 fully saturated rings. The van der Waals surface area contributed by atoms with Crippen molar-refractivity contribution in [1.29, 1.82) is 0 Å². The van der Waals surface area contributed by atoms with E-state index >= 15 is 0 Å². The highest BCUT2D eigenvalue weighted by Crippen LogP contribution is 2.29. The van der Waals surface area contributed by atoms with Crippen molar-refractivity contribution in [3.05, 3.63) is 52.9 Å². The molecule has 0 spiro atoms. The molecule has 3 heteroatoms. The van der Waals surface area contributed by atoms with Gasteiger partial charge in [0, 0.05) is 37.6 Å². The third-order valence-electron chi connectivity index (χ3n) is 4.14. The number of hydrogen-bond acceptors (Lipinski definition) is 3. The monoisotopic (exact) mass is 305 g/mol. The number of fused-ring (bicyclic) bond motifs is 1. The van der Waals surface area contributed by atoms with Gasteiger partial charge in [-0.15, -0.1) is 0 Å². The number of nitrogens with one attached hydrogen (secondary N) is 1. The minimum atomic E-state index is -0.0399. The molecule has 3 nitrogen and oxygen atoms in total. The average molecular weight is 305 g/mol. The quantitative estimate of drug-likeness (QED) is 0.943. The van der Waals surface area contributed by atoms with Gasteiger partial charge in [0.1, 0.15) is 0 Å². The molecular formula is C20H23N3. The highest BCUT2D eigenvalue weighted by atomic mass is 15.1. The summed E-state index contributed by atoms with van der Waals surface area (Å²) in [5, 5.41) is 5.64. The zero-order chi connectivity index (χ0) is 16.4. The lowest BCUT2D eigenvalue weighted by atomic mass is 9.94. The van der Waals surface area contributed by atoms with E-state index in [1.165, 1.54) is 5.22 Å². The highest BCUT2D eigenvalue weighted by molar-refractivity contribution is 5.78. The Bertz CT molecular complexity index is 863. The number of benzene rings is 2. The fraction of sp³-hybridized carbons (Fsp3) is 0.250. The lowest BCUT2D eigenvalue weighted by Gasteiger charge is -2.22. The van der Waals surface area contributed by atoms with Crippen LogP contribution in [0, 0.1) is 5.41 Å². The van der Waals surface area contributed by atoms with Crippen molar-refractivity contribution in [2.75, 3.05) is 24.3 Å². The van der Waals surface area contributed by atoms with E-state index < -0.39 is 0 Å². The second-order valence-electron chi connectivity index (χ2n) is 6.51. The zero-order valence-corrected chi connectivity index (χ0v) is 14.2. The summed E-state index contributed by atoms with van der Waals surface area (Å²) < 4.78 is 0. The molecule has 2 aromatic carbocycles. The van der Waals surface area contributed by atoms with Crippen molar-refractivity contribution in [2.24, 2.45) is 10.4 Å². The van der Waals surface area contributed by atoms with Gasteiger partial charge in [-0.1, -0.05) is 38.1 Å². The molecule has 0 amide bonds. The summed E-state index contributed by atoms with van der Waals surface area (Å²) in [7, 11) is 4.05. The van der Waals surface area contributed by atoms with E-state index in [9.17, 15) is 0 Å². The van der Waals surface area contributed by atoms with Crippen LogP contribution >= 0.6 is 0 Å². The first-order chi connectivity index (χ1) is 11.0. The molecule has 1 aliphatic heterocycles. The van der Waals surface area contributed by atoms with Crippen LogP contribution < -0.4 is 20.7 Å². The average Bonchev–Trinajstić information content (AvgIpc) is 2.70. The first kappa shape index (κ1) is 15.3. The maximum Gasteiger partial charge on any atom is 0.0643 e. The Hall–Kier alpha value is -2.55. The van der Waals surface area contributed by atoms with Crippen LogP contribution in [0.25, 0.3) is 12.3 Å². The van der Waals surface area contributed by atoms with E-state index in [2.05, 4.69) is 78.6 Å². The number of nitrogens with zero attached hydrogens (tertiary/aromatic N) is 2. The Morgan fingerprint density at radius 1 is 1.04 bits per heavy atom. The van der Waals surface area contributed by atoms with Gasteiger partial charge in [-0.25, -0.2) is 0 Å². The third-order valence-corrected chi connectivity index (χ3v) is 4.14. The van der Waals surface area contributed by atoms with E-state index in [0.29, 0.717) is 0 Å². The van der Waals surface area contributed by atoms with Crippen LogP contribution in [0.4, 0.5) is 17.1 Å². The number of rotatable bonds is 3. The smallest absolute Gasteiger partial charge is 0.0643 e. The molecule has 1 aliphatic rings. The Kier molecular flexibility index (Phi) is 3.95. The number of aliphatic imine (C=N–C) groups is 1. The molecule has 2 aromatic rings. The van der Waals surface area contributed by atoms with E-state index in [0.717, 1.165) is 22.3 Å². The Labute approximate surface area is 137 Å². The minimum absolute atomic E-state index is 0.0399. The van der Waals surface area contributed by atoms with Gasteiger partial charge in [-0.05, 0) is 34.7 Å². The van der Waals surface area contributed by atoms with Crippen LogP contribution in [0.5, 0.6) is 0 Å². The molecule has 1 N–H and O–H groups in total. The van der Waals surface area contributed by atoms with Gasteiger partial charge in [0.05, 0.1) is 11.4 Å². The summed E-state index contributed by atoms with van der Waals surface area (Å²) in [5.74, 6) is 0. The van der Waals surface area contributed by atoms with Crippen molar-refractivity contribution < 1.29 is 0 Å². The topological polar surface area (TPSA) is 27.6 Å². The van der Waals surface area contributed by atoms with E-state index in [1.54, 1.807) is 0 Å². The second-order valence-corrected chi connectivity index (χ2v) is 6.51. The summed E-state index contributed by atoms with van der Waals surface area (Å²) in [6, 6.07) is 14.8. The van der Waals surface area contributed by atoms with Gasteiger partial charge >= 0.3 is 0 Å². The van der Waals surface area contributed by atoms with Crippen LogP contribution in [0.15, 0.2) is 47.5 Å². The Morgan fingerprint density at radius 2 is 1.83 bits per heavy atom. The highest BCUT2D eigenvalue weighted by Gasteiger charge is 2.13. The molecular weight excluding hydrogens is 282 g/mol. The summed E-state index contributed by atoms with van der Waals surface area (Å²) >= 11 is 0. The molecule has 0 aromatic heterocycles. The van der Waals surface area contributed by atoms with Crippen LogP contribution in [0.2, 0.25) is 0 Å². The van der Waals surface area contributed by atoms with Gasteiger partial charge in [-0.3, -0.25) is 4.99 Å². The molecule has 0 aliphatic carbocycles. The van der Waals surface area contributed by atoms with E-state index in [1.807, 2.05) is 25.5 Å². The van der Waals surface area contributed by atoms with E-state index in [4.69, 9.17) is 0 Å². The van der Waals surface area contributed by atoms with Gasteiger partial charge in [-0.2, -0.15) is 0 Å². The number of hydrogen-bond donors (Lipinski definition) is 1. The second kappa shape index (κ2) is 5.92. The van der Waals surface area contributed by atoms with Crippen molar-refractivity contribution in [1.82, 2.24) is 0 Å². The molecule has 0 saturated carbocycles. The standard InChI is InChI=1S/C20H23N3/c1-20(2)12-16-11-17(10-9-15(16)13-22-14-20)23(4)19-8-6-5-7-18(19)21-3/h5-14,21H,1-4H3. The lowest BCUT2D eigenvalue weighted by Crippen LogP contribution is -2.27. The van der Waals surface area contributed by atoms with Crippen LogP contribution in [0.1, 0.15) is 13.8 Å². The zero-order valence-electron chi connectivity index (χ0n) is 14.2. The SMILES string of the molecule is CNc1ccccc1N(C)c1ccc2c(c1)=CC(C)(C)C=NC=2. The normalized spacial score (nSPS) is 15.0. The van der Waals surface area contributed by atoms with Crippen molar-refractivity contribution in [3.63, 3.8) is 0 Å². The summed E-state index contributed by atoms with van der Waals surface area (Å²) in [6.45, 7) is 4.35. The largest absolute Gasteiger partial charge is 0.386 e. The number of anilines is 3. The molecule has 3 rings (SSSR count). The molecule has 0 radical (unpaired) electrons. The maximum atomic E-state index is 4.42. The third kappa shape index (κ3) is 3.14. The van der Waals surface area contributed by atoms with Gasteiger partial charge in [0.2, 0.25) is 0 Å². The molecule has 118 valence electrons. The lowest BCUT2D eigenvalue weighted by molar-refractivity contribution is 0.741. The van der Waals surface area contributed by atoms with E-state index in [-0.39, 0.29) is 5.41 Å². The predicted octanol–water partition coefficient (Wildman–Crippen LogP) is 3.13. The first-order valence-corrected chi connectivity index (χ1v) is 7.88. The minimum Gasteiger partial charge on any atom is -0.386 e. The summed E-state index contributed by atoms with van der Waals surface area (Å²) in [4.78, 5) is 6.63. The van der Waals surface area contributed by atoms with Crippen molar-refractivity contribution >= 4 is 35.6 Å². The molecule has 23 heavy (non-hydrogen) atoms. The molecule has 1 heterocycles. The van der Waals surface area contributed by atoms with Crippen LogP contribution in [-0.2, 0) is 0 Å². The fourth-order valence-corrected chi connectivity index (χ4v) is 2.88. The van der Waals surface area contributed by atoms with Crippen molar-refractivity contribution in [2.45, 2.75) is 13.8 Å². The van der Waals surface area contributed by atoms with Gasteiger partial charge in [0.15, 0.2) is 0 Å². The Morgan fingerprint density at radius 3 is 2.61 bits per heavy atom. The van der Waals surface area contributed by atoms with Gasteiger partial charge in [0.25, 0.3) is 0 Å². The van der Waals surface area contributed by atoms with Crippen LogP contribution in [-0.4, -0.2) is 20.3 Å². The first-order valence-electron chi connectivity index (χ1n) is 7.88. The van der Waals surface area contributed by atoms with Gasteiger partial charge < -0.3 is 10.2 Å². The summed E-state index contributed by atoms with van der Waals surface area (Å²) in [6.07, 6.45) is 6.20. The molecule has 0 unspecified atom stereocenters. The Balaban J connectivity index is 2.10. The molecule has 0 bridgehead atoms. The maximum absolute atomic E-state index is 4.42. The fourth-order valence-electron chi connectivity index (χ4n) is 2.88. The number of para-hydroxylation sites is 2. The van der Waals surface area contributed by atoms with Crippen LogP contribution in [0.3, 0.4) is 0 Å². The predicted molar refractivity (Wildman–Crippen MR) is 101 cm³/mol. The summed E-state index contributed by atoms with van der Waals surface area (Å²) in [5.41, 5.74) is 3.39.